The Balaban J connectivity index is 1.69. The number of benzene rings is 1. The highest BCUT2D eigenvalue weighted by Crippen LogP contribution is 2.29. The van der Waals surface area contributed by atoms with Crippen LogP contribution in [0.1, 0.15) is 92.1 Å². The molecule has 1 aliphatic carbocycles. The lowest BCUT2D eigenvalue weighted by Gasteiger charge is -2.12. The van der Waals surface area contributed by atoms with Crippen molar-refractivity contribution < 1.29 is 9.21 Å². The SMILES string of the molecule is O=C(c1ccccc1)c1coc(C2CCCCCCCCCC2)n1. The Morgan fingerprint density at radius 3 is 2.08 bits per heavy atom. The van der Waals surface area contributed by atoms with E-state index in [-0.39, 0.29) is 5.78 Å². The molecule has 24 heavy (non-hydrogen) atoms. The Labute approximate surface area is 144 Å². The van der Waals surface area contributed by atoms with Gasteiger partial charge < -0.3 is 4.42 Å². The summed E-state index contributed by atoms with van der Waals surface area (Å²) in [6.45, 7) is 0. The van der Waals surface area contributed by atoms with E-state index in [0.717, 1.165) is 18.7 Å². The second-order valence-electron chi connectivity index (χ2n) is 6.87. The largest absolute Gasteiger partial charge is 0.448 e. The molecule has 1 fully saturated rings. The van der Waals surface area contributed by atoms with Crippen LogP contribution in [0.5, 0.6) is 0 Å². The second-order valence-corrected chi connectivity index (χ2v) is 6.87. The van der Waals surface area contributed by atoms with Gasteiger partial charge in [0.05, 0.1) is 0 Å². The third-order valence-electron chi connectivity index (χ3n) is 4.99. The highest BCUT2D eigenvalue weighted by atomic mass is 16.3. The van der Waals surface area contributed by atoms with E-state index in [0.29, 0.717) is 17.2 Å². The molecule has 0 atom stereocenters. The quantitative estimate of drug-likeness (QED) is 0.659. The maximum atomic E-state index is 12.5. The normalized spacial score (nSPS) is 18.0. The Kier molecular flexibility index (Phi) is 6.22. The highest BCUT2D eigenvalue weighted by molar-refractivity contribution is 6.07. The minimum absolute atomic E-state index is 0.0535. The average molecular weight is 325 g/mol. The number of hydrogen-bond acceptors (Lipinski definition) is 3. The van der Waals surface area contributed by atoms with Crippen molar-refractivity contribution in [1.82, 2.24) is 4.98 Å². The second kappa shape index (κ2) is 8.81. The number of rotatable bonds is 3. The third-order valence-corrected chi connectivity index (χ3v) is 4.99. The fourth-order valence-corrected chi connectivity index (χ4v) is 3.55. The molecule has 1 aliphatic rings. The van der Waals surface area contributed by atoms with Gasteiger partial charge in [-0.25, -0.2) is 4.98 Å². The number of hydrogen-bond donors (Lipinski definition) is 0. The zero-order valence-electron chi connectivity index (χ0n) is 14.4. The van der Waals surface area contributed by atoms with E-state index >= 15 is 0 Å². The van der Waals surface area contributed by atoms with Gasteiger partial charge in [-0.2, -0.15) is 0 Å². The zero-order chi connectivity index (χ0) is 16.6. The van der Waals surface area contributed by atoms with Crippen molar-refractivity contribution in [3.8, 4) is 0 Å². The lowest BCUT2D eigenvalue weighted by molar-refractivity contribution is 0.103. The van der Waals surface area contributed by atoms with Gasteiger partial charge in [-0.3, -0.25) is 4.79 Å². The molecule has 3 heteroatoms. The fourth-order valence-electron chi connectivity index (χ4n) is 3.55. The number of nitrogens with zero attached hydrogens (tertiary/aromatic N) is 1. The number of oxazole rings is 1. The van der Waals surface area contributed by atoms with Crippen LogP contribution < -0.4 is 0 Å². The lowest BCUT2D eigenvalue weighted by atomic mass is 9.95. The van der Waals surface area contributed by atoms with Gasteiger partial charge in [-0.15, -0.1) is 0 Å². The van der Waals surface area contributed by atoms with Crippen molar-refractivity contribution in [2.45, 2.75) is 70.1 Å². The first-order chi connectivity index (χ1) is 11.8. The van der Waals surface area contributed by atoms with E-state index in [4.69, 9.17) is 4.42 Å². The van der Waals surface area contributed by atoms with Crippen molar-refractivity contribution >= 4 is 5.78 Å². The molecule has 1 heterocycles. The maximum Gasteiger partial charge on any atom is 0.214 e. The van der Waals surface area contributed by atoms with Gasteiger partial charge in [0.15, 0.2) is 5.89 Å². The van der Waals surface area contributed by atoms with Crippen molar-refractivity contribution in [3.63, 3.8) is 0 Å². The van der Waals surface area contributed by atoms with Crippen molar-refractivity contribution in [2.75, 3.05) is 0 Å². The summed E-state index contributed by atoms with van der Waals surface area (Å²) in [4.78, 5) is 17.0. The molecule has 0 bridgehead atoms. The molecule has 0 radical (unpaired) electrons. The van der Waals surface area contributed by atoms with Gasteiger partial charge in [0.2, 0.25) is 5.78 Å². The van der Waals surface area contributed by atoms with Crippen LogP contribution in [0.2, 0.25) is 0 Å². The number of ketones is 1. The first-order valence-electron chi connectivity index (χ1n) is 9.40. The van der Waals surface area contributed by atoms with E-state index < -0.39 is 0 Å². The van der Waals surface area contributed by atoms with Gasteiger partial charge in [-0.1, -0.05) is 81.7 Å². The Hall–Kier alpha value is -1.90. The molecule has 3 nitrogen and oxygen atoms in total. The van der Waals surface area contributed by atoms with Crippen molar-refractivity contribution in [3.05, 3.63) is 53.7 Å². The van der Waals surface area contributed by atoms with Crippen molar-refractivity contribution in [1.29, 1.82) is 0 Å². The highest BCUT2D eigenvalue weighted by Gasteiger charge is 2.20. The predicted octanol–water partition coefficient (Wildman–Crippen LogP) is 5.90. The van der Waals surface area contributed by atoms with Gasteiger partial charge in [0.1, 0.15) is 12.0 Å². The summed E-state index contributed by atoms with van der Waals surface area (Å²) in [6.07, 6.45) is 14.3. The van der Waals surface area contributed by atoms with E-state index in [9.17, 15) is 4.79 Å². The first kappa shape index (κ1) is 16.9. The van der Waals surface area contributed by atoms with E-state index in [1.807, 2.05) is 30.3 Å². The van der Waals surface area contributed by atoms with E-state index in [1.54, 1.807) is 0 Å². The molecule has 0 saturated heterocycles. The summed E-state index contributed by atoms with van der Waals surface area (Å²) < 4.78 is 5.71. The molecule has 0 spiro atoms. The molecule has 0 aliphatic heterocycles. The van der Waals surface area contributed by atoms with Crippen LogP contribution in [0, 0.1) is 0 Å². The van der Waals surface area contributed by atoms with Crippen LogP contribution in [-0.2, 0) is 0 Å². The molecule has 1 saturated carbocycles. The standard InChI is InChI=1S/C21H27NO2/c23-20(17-12-10-7-11-13-17)19-16-24-21(22-19)18-14-8-5-3-1-2-4-6-9-15-18/h7,10-13,16,18H,1-6,8-9,14-15H2. The Morgan fingerprint density at radius 1 is 0.875 bits per heavy atom. The molecule has 0 N–H and O–H groups in total. The molecular formula is C21H27NO2. The summed E-state index contributed by atoms with van der Waals surface area (Å²) >= 11 is 0. The molecule has 3 rings (SSSR count). The summed E-state index contributed by atoms with van der Waals surface area (Å²) in [6, 6.07) is 9.30. The fraction of sp³-hybridized carbons (Fsp3) is 0.524. The minimum Gasteiger partial charge on any atom is -0.448 e. The van der Waals surface area contributed by atoms with Crippen LogP contribution >= 0.6 is 0 Å². The smallest absolute Gasteiger partial charge is 0.214 e. The molecule has 0 amide bonds. The average Bonchev–Trinajstić information content (AvgIpc) is 3.08. The van der Waals surface area contributed by atoms with Crippen molar-refractivity contribution in [2.24, 2.45) is 0 Å². The number of carbonyl (C=O) groups is 1. The topological polar surface area (TPSA) is 43.1 Å². The minimum atomic E-state index is -0.0535. The molecular weight excluding hydrogens is 298 g/mol. The molecule has 0 unspecified atom stereocenters. The third kappa shape index (κ3) is 4.56. The maximum absolute atomic E-state index is 12.5. The summed E-state index contributed by atoms with van der Waals surface area (Å²) in [5, 5.41) is 0. The lowest BCUT2D eigenvalue weighted by Crippen LogP contribution is -2.04. The van der Waals surface area contributed by atoms with Gasteiger partial charge >= 0.3 is 0 Å². The summed E-state index contributed by atoms with van der Waals surface area (Å²) in [5.41, 5.74) is 1.10. The zero-order valence-corrected chi connectivity index (χ0v) is 14.4. The van der Waals surface area contributed by atoms with E-state index in [2.05, 4.69) is 4.98 Å². The van der Waals surface area contributed by atoms with Gasteiger partial charge in [0.25, 0.3) is 0 Å². The predicted molar refractivity (Wildman–Crippen MR) is 95.3 cm³/mol. The summed E-state index contributed by atoms with van der Waals surface area (Å²) in [5.74, 6) is 1.07. The Bertz CT molecular complexity index is 620. The first-order valence-corrected chi connectivity index (χ1v) is 9.40. The monoisotopic (exact) mass is 325 g/mol. The Morgan fingerprint density at radius 2 is 1.46 bits per heavy atom. The van der Waals surface area contributed by atoms with Crippen LogP contribution in [0.25, 0.3) is 0 Å². The molecule has 1 aromatic heterocycles. The van der Waals surface area contributed by atoms with Gasteiger partial charge in [-0.05, 0) is 12.8 Å². The van der Waals surface area contributed by atoms with E-state index in [1.165, 1.54) is 57.6 Å². The number of aromatic nitrogens is 1. The van der Waals surface area contributed by atoms with Crippen LogP contribution in [0.3, 0.4) is 0 Å². The molecule has 2 aromatic rings. The summed E-state index contributed by atoms with van der Waals surface area (Å²) in [7, 11) is 0. The molecule has 128 valence electrons. The van der Waals surface area contributed by atoms with Crippen LogP contribution in [0.15, 0.2) is 41.0 Å². The van der Waals surface area contributed by atoms with Gasteiger partial charge in [0, 0.05) is 11.5 Å². The molecule has 1 aromatic carbocycles. The van der Waals surface area contributed by atoms with Crippen LogP contribution in [-0.4, -0.2) is 10.8 Å². The van der Waals surface area contributed by atoms with Crippen LogP contribution in [0.4, 0.5) is 0 Å². The number of carbonyl (C=O) groups excluding carboxylic acids is 1.